The van der Waals surface area contributed by atoms with E-state index in [2.05, 4.69) is 4.99 Å². The molecule has 6 nitrogen and oxygen atoms in total. The molecule has 3 rings (SSSR count). The molecule has 0 atom stereocenters. The van der Waals surface area contributed by atoms with Crippen molar-refractivity contribution in [2.24, 2.45) is 10.8 Å². The molecule has 0 saturated carbocycles. The first-order valence-electron chi connectivity index (χ1n) is 6.25. The number of nitrogens with zero attached hydrogens (tertiary/aromatic N) is 2. The first-order valence-corrected chi connectivity index (χ1v) is 6.25. The van der Waals surface area contributed by atoms with Gasteiger partial charge in [-0.3, -0.25) is 9.59 Å². The van der Waals surface area contributed by atoms with Crippen molar-refractivity contribution in [3.8, 4) is 0 Å². The minimum Gasteiger partial charge on any atom is -0.398 e. The summed E-state index contributed by atoms with van der Waals surface area (Å²) in [5, 5.41) is 1.85. The molecule has 0 aliphatic carbocycles. The van der Waals surface area contributed by atoms with E-state index in [1.54, 1.807) is 48.5 Å². The van der Waals surface area contributed by atoms with Crippen molar-refractivity contribution in [2.45, 2.75) is 0 Å². The van der Waals surface area contributed by atoms with Crippen LogP contribution < -0.4 is 22.2 Å². The molecule has 2 aromatic rings. The fourth-order valence-corrected chi connectivity index (χ4v) is 2.20. The maximum atomic E-state index is 12.4. The number of hydrogen-bond donors (Lipinski definition) is 2. The Kier molecular flexibility index (Phi) is 3.00. The third-order valence-corrected chi connectivity index (χ3v) is 3.23. The van der Waals surface area contributed by atoms with E-state index in [0.29, 0.717) is 16.3 Å². The topological polar surface area (TPSA) is 102 Å². The molecule has 1 aliphatic rings. The Labute approximate surface area is 120 Å². The molecule has 0 spiro atoms. The summed E-state index contributed by atoms with van der Waals surface area (Å²) < 4.78 is 0. The van der Waals surface area contributed by atoms with Gasteiger partial charge >= 0.3 is 0 Å². The third kappa shape index (κ3) is 2.07. The zero-order chi connectivity index (χ0) is 15.0. The SMILES string of the molecule is Nc1ccccc1C(=O)N(N)C1=c2ccccc2=NC1=O. The van der Waals surface area contributed by atoms with Crippen LogP contribution in [0.2, 0.25) is 0 Å². The van der Waals surface area contributed by atoms with E-state index in [1.807, 2.05) is 0 Å². The van der Waals surface area contributed by atoms with Gasteiger partial charge in [0, 0.05) is 10.9 Å². The van der Waals surface area contributed by atoms with Gasteiger partial charge in [0.2, 0.25) is 0 Å². The average molecular weight is 280 g/mol. The molecule has 0 aromatic heterocycles. The number of benzene rings is 2. The van der Waals surface area contributed by atoms with Gasteiger partial charge in [-0.1, -0.05) is 30.3 Å². The van der Waals surface area contributed by atoms with Gasteiger partial charge in [0.05, 0.1) is 10.9 Å². The van der Waals surface area contributed by atoms with Crippen molar-refractivity contribution in [3.63, 3.8) is 0 Å². The van der Waals surface area contributed by atoms with Crippen molar-refractivity contribution in [2.75, 3.05) is 5.73 Å². The zero-order valence-electron chi connectivity index (χ0n) is 11.0. The number of rotatable bonds is 2. The van der Waals surface area contributed by atoms with E-state index >= 15 is 0 Å². The molecule has 2 aromatic carbocycles. The van der Waals surface area contributed by atoms with Crippen LogP contribution in [0.1, 0.15) is 10.4 Å². The van der Waals surface area contributed by atoms with Gasteiger partial charge in [0.25, 0.3) is 11.8 Å². The lowest BCUT2D eigenvalue weighted by Gasteiger charge is -2.17. The number of hydrazine groups is 1. The van der Waals surface area contributed by atoms with Gasteiger partial charge in [-0.25, -0.2) is 15.8 Å². The highest BCUT2D eigenvalue weighted by atomic mass is 16.2. The van der Waals surface area contributed by atoms with Crippen molar-refractivity contribution in [1.29, 1.82) is 0 Å². The highest BCUT2D eigenvalue weighted by molar-refractivity contribution is 6.19. The number of para-hydroxylation sites is 2. The van der Waals surface area contributed by atoms with Crippen LogP contribution in [-0.2, 0) is 4.79 Å². The van der Waals surface area contributed by atoms with Crippen molar-refractivity contribution < 1.29 is 9.59 Å². The number of amides is 2. The minimum atomic E-state index is -0.552. The first kappa shape index (κ1) is 13.0. The molecule has 6 heteroatoms. The monoisotopic (exact) mass is 280 g/mol. The lowest BCUT2D eigenvalue weighted by Crippen LogP contribution is -2.41. The molecule has 1 heterocycles. The van der Waals surface area contributed by atoms with Crippen molar-refractivity contribution >= 4 is 23.2 Å². The summed E-state index contributed by atoms with van der Waals surface area (Å²) >= 11 is 0. The Morgan fingerprint density at radius 3 is 2.48 bits per heavy atom. The molecule has 0 fully saturated rings. The largest absolute Gasteiger partial charge is 0.398 e. The minimum absolute atomic E-state index is 0.0545. The highest BCUT2D eigenvalue weighted by Crippen LogP contribution is 2.15. The molecular formula is C15H12N4O2. The van der Waals surface area contributed by atoms with Crippen LogP contribution in [0.5, 0.6) is 0 Å². The number of anilines is 1. The summed E-state index contributed by atoms with van der Waals surface area (Å²) in [6.45, 7) is 0. The molecule has 2 amide bonds. The number of hydrogen-bond acceptors (Lipinski definition) is 4. The first-order chi connectivity index (χ1) is 10.1. The molecule has 0 unspecified atom stereocenters. The van der Waals surface area contributed by atoms with E-state index in [9.17, 15) is 9.59 Å². The Morgan fingerprint density at radius 1 is 1.05 bits per heavy atom. The van der Waals surface area contributed by atoms with Crippen LogP contribution >= 0.6 is 0 Å². The van der Waals surface area contributed by atoms with Crippen LogP contribution in [0, 0.1) is 0 Å². The van der Waals surface area contributed by atoms with E-state index < -0.39 is 11.8 Å². The number of carbonyl (C=O) groups excluding carboxylic acids is 2. The van der Waals surface area contributed by atoms with Crippen LogP contribution in [0.15, 0.2) is 53.5 Å². The number of nitrogen functional groups attached to an aromatic ring is 1. The smallest absolute Gasteiger partial charge is 0.296 e. The number of carbonyl (C=O) groups is 2. The van der Waals surface area contributed by atoms with Crippen LogP contribution in [0.4, 0.5) is 5.69 Å². The Morgan fingerprint density at radius 2 is 1.71 bits per heavy atom. The van der Waals surface area contributed by atoms with Gasteiger partial charge in [0.1, 0.15) is 5.70 Å². The Balaban J connectivity index is 2.11. The van der Waals surface area contributed by atoms with E-state index in [-0.39, 0.29) is 11.3 Å². The molecular weight excluding hydrogens is 268 g/mol. The second kappa shape index (κ2) is 4.84. The van der Waals surface area contributed by atoms with Crippen LogP contribution in [0.25, 0.3) is 5.70 Å². The Hall–Kier alpha value is -2.99. The van der Waals surface area contributed by atoms with E-state index in [1.165, 1.54) is 0 Å². The lowest BCUT2D eigenvalue weighted by atomic mass is 10.1. The van der Waals surface area contributed by atoms with Gasteiger partial charge in [0.15, 0.2) is 0 Å². The summed E-state index contributed by atoms with van der Waals surface area (Å²) in [5.74, 6) is 4.75. The normalized spacial score (nSPS) is 12.8. The fraction of sp³-hybridized carbons (Fsp3) is 0. The quantitative estimate of drug-likeness (QED) is 0.337. The standard InChI is InChI=1S/C15H12N4O2/c16-11-7-3-1-5-9(11)15(21)19(17)13-10-6-2-4-8-12(10)18-14(13)20/h1-8H,16-17H2. The van der Waals surface area contributed by atoms with Crippen LogP contribution in [-0.4, -0.2) is 16.8 Å². The molecule has 4 N–H and O–H groups in total. The highest BCUT2D eigenvalue weighted by Gasteiger charge is 2.26. The van der Waals surface area contributed by atoms with E-state index in [0.717, 1.165) is 5.01 Å². The molecule has 104 valence electrons. The third-order valence-electron chi connectivity index (χ3n) is 3.23. The molecule has 0 radical (unpaired) electrons. The number of nitrogens with two attached hydrogens (primary N) is 2. The zero-order valence-corrected chi connectivity index (χ0v) is 11.0. The summed E-state index contributed by atoms with van der Waals surface area (Å²) in [6, 6.07) is 13.4. The van der Waals surface area contributed by atoms with Gasteiger partial charge in [-0.2, -0.15) is 0 Å². The predicted molar refractivity (Wildman–Crippen MR) is 76.8 cm³/mol. The Bertz CT molecular complexity index is 873. The second-order valence-corrected chi connectivity index (χ2v) is 4.55. The van der Waals surface area contributed by atoms with E-state index in [4.69, 9.17) is 11.6 Å². The number of fused-ring (bicyclic) bond motifs is 1. The average Bonchev–Trinajstić information content (AvgIpc) is 2.82. The summed E-state index contributed by atoms with van der Waals surface area (Å²) in [6.07, 6.45) is 0. The maximum absolute atomic E-state index is 12.4. The summed E-state index contributed by atoms with van der Waals surface area (Å²) in [7, 11) is 0. The summed E-state index contributed by atoms with van der Waals surface area (Å²) in [4.78, 5) is 28.3. The van der Waals surface area contributed by atoms with Crippen molar-refractivity contribution in [3.05, 3.63) is 64.7 Å². The lowest BCUT2D eigenvalue weighted by molar-refractivity contribution is -0.113. The predicted octanol–water partition coefficient (Wildman–Crippen LogP) is -0.447. The second-order valence-electron chi connectivity index (χ2n) is 4.55. The summed E-state index contributed by atoms with van der Waals surface area (Å²) in [5.41, 5.74) is 6.36. The van der Waals surface area contributed by atoms with Crippen LogP contribution in [0.3, 0.4) is 0 Å². The van der Waals surface area contributed by atoms with Gasteiger partial charge in [-0.05, 0) is 18.2 Å². The molecule has 1 aliphatic heterocycles. The van der Waals surface area contributed by atoms with Crippen molar-refractivity contribution in [1.82, 2.24) is 5.01 Å². The molecule has 21 heavy (non-hydrogen) atoms. The molecule has 0 bridgehead atoms. The fourth-order valence-electron chi connectivity index (χ4n) is 2.20. The van der Waals surface area contributed by atoms with Gasteiger partial charge in [-0.15, -0.1) is 0 Å². The molecule has 0 saturated heterocycles. The van der Waals surface area contributed by atoms with Gasteiger partial charge < -0.3 is 5.73 Å². The maximum Gasteiger partial charge on any atom is 0.296 e.